The molecule has 96 valence electrons. The Bertz CT molecular complexity index is 587. The summed E-state index contributed by atoms with van der Waals surface area (Å²) in [5.41, 5.74) is 0.231. The van der Waals surface area contributed by atoms with E-state index in [1.165, 1.54) is 6.33 Å². The van der Waals surface area contributed by atoms with Crippen molar-refractivity contribution in [3.8, 4) is 0 Å². The summed E-state index contributed by atoms with van der Waals surface area (Å²) in [6.07, 6.45) is 4.97. The highest BCUT2D eigenvalue weighted by molar-refractivity contribution is 9.10. The minimum absolute atomic E-state index is 0.135. The quantitative estimate of drug-likeness (QED) is 0.800. The molecule has 0 aromatic carbocycles. The Balaban J connectivity index is 2.25. The van der Waals surface area contributed by atoms with Gasteiger partial charge in [-0.2, -0.15) is 0 Å². The van der Waals surface area contributed by atoms with Crippen LogP contribution in [0.1, 0.15) is 20.8 Å². The molecule has 2 aromatic rings. The van der Waals surface area contributed by atoms with E-state index < -0.39 is 5.60 Å². The number of hydrogen-bond acceptors (Lipinski definition) is 4. The van der Waals surface area contributed by atoms with E-state index in [0.717, 1.165) is 9.86 Å². The summed E-state index contributed by atoms with van der Waals surface area (Å²) in [6, 6.07) is 0. The van der Waals surface area contributed by atoms with Crippen LogP contribution in [0.25, 0.3) is 11.0 Å². The first-order valence-corrected chi connectivity index (χ1v) is 6.32. The van der Waals surface area contributed by atoms with Gasteiger partial charge in [0.1, 0.15) is 24.1 Å². The molecule has 6 heteroatoms. The van der Waals surface area contributed by atoms with Gasteiger partial charge < -0.3 is 9.30 Å². The van der Waals surface area contributed by atoms with E-state index in [1.807, 2.05) is 27.0 Å². The number of halogens is 1. The van der Waals surface area contributed by atoms with E-state index in [4.69, 9.17) is 4.74 Å². The topological polar surface area (TPSA) is 57.0 Å². The van der Waals surface area contributed by atoms with Crippen molar-refractivity contribution < 1.29 is 9.53 Å². The van der Waals surface area contributed by atoms with Crippen molar-refractivity contribution in [3.05, 3.63) is 23.2 Å². The Morgan fingerprint density at radius 1 is 1.50 bits per heavy atom. The van der Waals surface area contributed by atoms with Crippen LogP contribution in [0.5, 0.6) is 0 Å². The lowest BCUT2D eigenvalue weighted by molar-refractivity contribution is -0.155. The van der Waals surface area contributed by atoms with Gasteiger partial charge in [-0.15, -0.1) is 0 Å². The smallest absolute Gasteiger partial charge is 0.326 e. The fourth-order valence-corrected chi connectivity index (χ4v) is 2.15. The van der Waals surface area contributed by atoms with E-state index in [2.05, 4.69) is 25.9 Å². The summed E-state index contributed by atoms with van der Waals surface area (Å²) in [7, 11) is 0. The maximum absolute atomic E-state index is 11.8. The van der Waals surface area contributed by atoms with Crippen LogP contribution in [0.2, 0.25) is 0 Å². The summed E-state index contributed by atoms with van der Waals surface area (Å²) in [4.78, 5) is 19.9. The third-order valence-corrected chi connectivity index (χ3v) is 2.84. The highest BCUT2D eigenvalue weighted by Crippen LogP contribution is 2.23. The number of ether oxygens (including phenoxy) is 1. The summed E-state index contributed by atoms with van der Waals surface area (Å²) in [6.45, 7) is 5.67. The molecule has 0 atom stereocenters. The Hall–Kier alpha value is -1.43. The molecule has 0 aliphatic carbocycles. The van der Waals surface area contributed by atoms with Crippen molar-refractivity contribution in [2.24, 2.45) is 0 Å². The van der Waals surface area contributed by atoms with Crippen molar-refractivity contribution in [2.75, 3.05) is 0 Å². The number of hydrogen-bond donors (Lipinski definition) is 0. The molecule has 2 heterocycles. The highest BCUT2D eigenvalue weighted by Gasteiger charge is 2.18. The molecule has 0 amide bonds. The summed E-state index contributed by atoms with van der Waals surface area (Å²) < 4.78 is 7.89. The highest BCUT2D eigenvalue weighted by atomic mass is 79.9. The maximum atomic E-state index is 11.8. The minimum Gasteiger partial charge on any atom is -0.459 e. The number of aromatic nitrogens is 3. The fourth-order valence-electron chi connectivity index (χ4n) is 1.62. The average molecular weight is 312 g/mol. The molecule has 0 radical (unpaired) electrons. The zero-order valence-electron chi connectivity index (χ0n) is 10.5. The zero-order valence-corrected chi connectivity index (χ0v) is 12.1. The van der Waals surface area contributed by atoms with Gasteiger partial charge in [-0.05, 0) is 36.7 Å². The minimum atomic E-state index is -0.480. The third-order valence-electron chi connectivity index (χ3n) is 2.21. The molecular weight excluding hydrogens is 298 g/mol. The van der Waals surface area contributed by atoms with Gasteiger partial charge in [-0.3, -0.25) is 4.79 Å². The van der Waals surface area contributed by atoms with Gasteiger partial charge in [-0.1, -0.05) is 0 Å². The summed E-state index contributed by atoms with van der Waals surface area (Å²) >= 11 is 3.42. The normalized spacial score (nSPS) is 11.8. The van der Waals surface area contributed by atoms with Crippen LogP contribution in [0.3, 0.4) is 0 Å². The molecular formula is C12H14BrN3O2. The second-order valence-electron chi connectivity index (χ2n) is 4.95. The molecule has 0 saturated carbocycles. The average Bonchev–Trinajstić information content (AvgIpc) is 2.54. The molecule has 0 fully saturated rings. The van der Waals surface area contributed by atoms with Crippen LogP contribution in [0.4, 0.5) is 0 Å². The predicted molar refractivity (Wildman–Crippen MR) is 71.1 cm³/mol. The molecule has 0 spiro atoms. The largest absolute Gasteiger partial charge is 0.459 e. The Kier molecular flexibility index (Phi) is 3.38. The predicted octanol–water partition coefficient (Wildman–Crippen LogP) is 2.54. The molecule has 2 aromatic heterocycles. The second-order valence-corrected chi connectivity index (χ2v) is 5.81. The van der Waals surface area contributed by atoms with E-state index in [1.54, 1.807) is 10.8 Å². The molecule has 0 saturated heterocycles. The third kappa shape index (κ3) is 2.87. The summed E-state index contributed by atoms with van der Waals surface area (Å²) in [5, 5.41) is 0.876. The lowest BCUT2D eigenvalue weighted by Crippen LogP contribution is -2.26. The van der Waals surface area contributed by atoms with Crippen LogP contribution in [-0.4, -0.2) is 26.1 Å². The van der Waals surface area contributed by atoms with Crippen LogP contribution >= 0.6 is 15.9 Å². The van der Waals surface area contributed by atoms with Crippen LogP contribution in [0, 0.1) is 0 Å². The number of carbonyl (C=O) groups is 1. The van der Waals surface area contributed by atoms with Crippen molar-refractivity contribution in [1.82, 2.24) is 14.5 Å². The molecule has 0 aliphatic rings. The molecule has 0 bridgehead atoms. The second kappa shape index (κ2) is 4.68. The van der Waals surface area contributed by atoms with Crippen molar-refractivity contribution in [3.63, 3.8) is 0 Å². The van der Waals surface area contributed by atoms with Crippen molar-refractivity contribution in [2.45, 2.75) is 32.9 Å². The standard InChI is InChI=1S/C12H14BrN3O2/c1-12(2,3)18-10(17)6-16-5-9(13)8-4-14-7-15-11(8)16/h4-5,7H,6H2,1-3H3. The van der Waals surface area contributed by atoms with E-state index >= 15 is 0 Å². The monoisotopic (exact) mass is 311 g/mol. The van der Waals surface area contributed by atoms with E-state index in [9.17, 15) is 4.79 Å². The van der Waals surface area contributed by atoms with Crippen molar-refractivity contribution in [1.29, 1.82) is 0 Å². The SMILES string of the molecule is CC(C)(C)OC(=O)Cn1cc(Br)c2cncnc21. The van der Waals surface area contributed by atoms with Crippen molar-refractivity contribution >= 4 is 32.9 Å². The Morgan fingerprint density at radius 3 is 2.89 bits per heavy atom. The molecule has 18 heavy (non-hydrogen) atoms. The van der Waals surface area contributed by atoms with Gasteiger partial charge in [0.25, 0.3) is 0 Å². The molecule has 0 N–H and O–H groups in total. The van der Waals surface area contributed by atoms with Gasteiger partial charge in [0.2, 0.25) is 0 Å². The molecule has 0 aliphatic heterocycles. The Labute approximate surface area is 113 Å². The number of esters is 1. The fraction of sp³-hybridized carbons (Fsp3) is 0.417. The lowest BCUT2D eigenvalue weighted by atomic mass is 10.2. The van der Waals surface area contributed by atoms with Gasteiger partial charge in [-0.25, -0.2) is 9.97 Å². The van der Waals surface area contributed by atoms with E-state index in [0.29, 0.717) is 5.65 Å². The summed E-state index contributed by atoms with van der Waals surface area (Å²) in [5.74, 6) is -0.287. The first kappa shape index (κ1) is 13.0. The van der Waals surface area contributed by atoms with E-state index in [-0.39, 0.29) is 12.5 Å². The van der Waals surface area contributed by atoms with Gasteiger partial charge in [0.15, 0.2) is 0 Å². The molecule has 2 rings (SSSR count). The van der Waals surface area contributed by atoms with Gasteiger partial charge >= 0.3 is 5.97 Å². The first-order chi connectivity index (χ1) is 8.37. The number of fused-ring (bicyclic) bond motifs is 1. The van der Waals surface area contributed by atoms with Crippen LogP contribution in [-0.2, 0) is 16.1 Å². The van der Waals surface area contributed by atoms with Gasteiger partial charge in [0.05, 0.1) is 5.39 Å². The first-order valence-electron chi connectivity index (χ1n) is 5.53. The zero-order chi connectivity index (χ0) is 13.3. The van der Waals surface area contributed by atoms with Crippen LogP contribution in [0.15, 0.2) is 23.2 Å². The number of carbonyl (C=O) groups excluding carboxylic acids is 1. The maximum Gasteiger partial charge on any atom is 0.326 e. The Morgan fingerprint density at radius 2 is 2.22 bits per heavy atom. The van der Waals surface area contributed by atoms with Crippen LogP contribution < -0.4 is 0 Å². The lowest BCUT2D eigenvalue weighted by Gasteiger charge is -2.19. The number of nitrogens with zero attached hydrogens (tertiary/aromatic N) is 3. The van der Waals surface area contributed by atoms with Gasteiger partial charge in [0, 0.05) is 16.9 Å². The molecule has 5 nitrogen and oxygen atoms in total. The number of rotatable bonds is 2. The molecule has 0 unspecified atom stereocenters.